The van der Waals surface area contributed by atoms with Crippen LogP contribution < -0.4 is 47.7 Å². The third-order valence-electron chi connectivity index (χ3n) is 9.56. The normalized spacial score (nSPS) is 10.0. The molecule has 0 heterocycles. The van der Waals surface area contributed by atoms with E-state index in [1.54, 1.807) is 0 Å². The molecule has 0 aromatic heterocycles. The van der Waals surface area contributed by atoms with Gasteiger partial charge in [-0.3, -0.25) is 6.79 Å². The fraction of sp³-hybridized carbons (Fsp3) is 0. The Labute approximate surface area is 380 Å². The van der Waals surface area contributed by atoms with Crippen molar-refractivity contribution in [3.8, 4) is 0 Å². The molecule has 1 nitrogen and oxygen atoms in total. The van der Waals surface area contributed by atoms with E-state index in [0.717, 1.165) is 0 Å². The van der Waals surface area contributed by atoms with Crippen LogP contribution in [0.4, 0.5) is 0 Å². The van der Waals surface area contributed by atoms with Gasteiger partial charge in [0, 0.05) is 0 Å². The first-order valence-corrected chi connectivity index (χ1v) is 26.6. The summed E-state index contributed by atoms with van der Waals surface area (Å²) in [4.78, 5) is 7.75. The minimum Gasteiger partial charge on any atom is -0.0620 e. The van der Waals surface area contributed by atoms with Gasteiger partial charge in [-0.1, -0.05) is 164 Å². The number of rotatable bonds is 9. The summed E-state index contributed by atoms with van der Waals surface area (Å²) in [6.07, 6.45) is 0. The van der Waals surface area contributed by atoms with E-state index in [2.05, 4.69) is 289 Å². The van der Waals surface area contributed by atoms with Crippen LogP contribution in [0.3, 0.4) is 0 Å². The van der Waals surface area contributed by atoms with E-state index in [1.807, 2.05) is 17.3 Å². The molecule has 0 spiro atoms. The first-order valence-electron chi connectivity index (χ1n) is 19.8. The molecule has 0 atom stereocenters. The molecule has 0 fully saturated rings. The van der Waals surface area contributed by atoms with Crippen LogP contribution in [-0.4, -0.2) is 6.79 Å². The molecule has 9 aromatic rings. The minimum absolute atomic E-state index is 0.877. The summed E-state index contributed by atoms with van der Waals surface area (Å²) < 4.78 is 0. The molecule has 0 unspecified atom stereocenters. The molecule has 0 N–H and O–H groups in total. The van der Waals surface area contributed by atoms with Crippen LogP contribution in [0, 0.1) is 0 Å². The molecule has 9 aromatic carbocycles. The maximum absolute atomic E-state index is 7.75. The van der Waals surface area contributed by atoms with Crippen molar-refractivity contribution in [1.82, 2.24) is 0 Å². The predicted molar refractivity (Wildman–Crippen MR) is 272 cm³/mol. The first-order chi connectivity index (χ1) is 30.3. The van der Waals surface area contributed by atoms with Gasteiger partial charge in [0.05, 0.1) is 23.8 Å². The van der Waals surface area contributed by atoms with Gasteiger partial charge in [0.2, 0.25) is 0 Å². The van der Waals surface area contributed by atoms with E-state index in [4.69, 9.17) is 4.79 Å². The number of hydrogen-bond donors (Lipinski definition) is 0. The summed E-state index contributed by atoms with van der Waals surface area (Å²) >= 11 is 1.82. The average Bonchev–Trinajstić information content (AvgIpc) is 3.37. The van der Waals surface area contributed by atoms with Gasteiger partial charge in [-0.15, -0.1) is 0 Å². The molecule has 0 amide bonds. The Kier molecular flexibility index (Phi) is 21.3. The van der Waals surface area contributed by atoms with Gasteiger partial charge in [0.1, 0.15) is 47.7 Å². The summed E-state index contributed by atoms with van der Waals surface area (Å²) in [7, 11) is 1.94. The predicted octanol–water partition coefficient (Wildman–Crippen LogP) is 9.94. The molecule has 0 aliphatic heterocycles. The summed E-state index contributed by atoms with van der Waals surface area (Å²) in [6.45, 7) is 3.25. The molecule has 61 heavy (non-hydrogen) atoms. The van der Waals surface area contributed by atoms with Crippen molar-refractivity contribution in [2.45, 2.75) is 0 Å². The molecular formula is C55H49ClOP3Ru+3. The fourth-order valence-electron chi connectivity index (χ4n) is 6.94. The Morgan fingerprint density at radius 2 is 0.295 bits per heavy atom. The Morgan fingerprint density at radius 3 is 0.377 bits per heavy atom. The van der Waals surface area contributed by atoms with E-state index in [0.29, 0.717) is 0 Å². The van der Waals surface area contributed by atoms with E-state index in [9.17, 15) is 0 Å². The van der Waals surface area contributed by atoms with Crippen molar-refractivity contribution < 1.29 is 22.1 Å². The molecule has 0 aliphatic carbocycles. The van der Waals surface area contributed by atoms with E-state index in [-0.39, 0.29) is 0 Å². The third-order valence-corrected chi connectivity index (χ3v) is 17.8. The average molecular weight is 955 g/mol. The van der Waals surface area contributed by atoms with Gasteiger partial charge >= 0.3 is 27.0 Å². The van der Waals surface area contributed by atoms with Gasteiger partial charge in [-0.25, -0.2) is 0 Å². The maximum atomic E-state index is 7.75. The molecular weight excluding hydrogens is 906 g/mol. The third kappa shape index (κ3) is 14.5. The van der Waals surface area contributed by atoms with Crippen LogP contribution in [0.15, 0.2) is 273 Å². The van der Waals surface area contributed by atoms with Crippen molar-refractivity contribution >= 4 is 88.0 Å². The molecule has 302 valence electrons. The van der Waals surface area contributed by atoms with Gasteiger partial charge in [0.15, 0.2) is 0 Å². The standard InChI is InChI=1S/3C18H15P.CHO.ClH.Ru/c3*1-4-10-16(11-5-1)19(17-12-6-2-7-13-17)18-14-8-3-9-15-18;1-2;;/h3*1-15H;1H;1H;/q;;;-1;;+2/p+2. The molecule has 0 saturated heterocycles. The van der Waals surface area contributed by atoms with Crippen molar-refractivity contribution in [2.24, 2.45) is 0 Å². The quantitative estimate of drug-likeness (QED) is 0.0610. The maximum Gasteiger partial charge on any atom is 0.102 e. The van der Waals surface area contributed by atoms with Crippen LogP contribution in [0.2, 0.25) is 0 Å². The van der Waals surface area contributed by atoms with Crippen molar-refractivity contribution in [3.05, 3.63) is 273 Å². The molecule has 6 heteroatoms. The van der Waals surface area contributed by atoms with Gasteiger partial charge in [0.25, 0.3) is 0 Å². The second kappa shape index (κ2) is 27.6. The van der Waals surface area contributed by atoms with E-state index < -0.39 is 23.8 Å². The first kappa shape index (κ1) is 46.9. The Morgan fingerprint density at radius 1 is 0.213 bits per heavy atom. The zero-order valence-electron chi connectivity index (χ0n) is 33.7. The van der Waals surface area contributed by atoms with E-state index >= 15 is 0 Å². The zero-order chi connectivity index (χ0) is 42.7. The molecule has 9 rings (SSSR count). The summed E-state index contributed by atoms with van der Waals surface area (Å²) in [5.41, 5.74) is 0. The van der Waals surface area contributed by atoms with Crippen LogP contribution >= 0.6 is 33.5 Å². The van der Waals surface area contributed by atoms with Crippen LogP contribution in [0.1, 0.15) is 0 Å². The van der Waals surface area contributed by atoms with Gasteiger partial charge in [-0.05, 0) is 109 Å². The van der Waals surface area contributed by atoms with Crippen molar-refractivity contribution in [3.63, 3.8) is 0 Å². The minimum atomic E-state index is -0.877. The molecule has 0 aliphatic rings. The summed E-state index contributed by atoms with van der Waals surface area (Å²) in [5.74, 6) is 0. The van der Waals surface area contributed by atoms with Crippen LogP contribution in [0.5, 0.6) is 0 Å². The topological polar surface area (TPSA) is 17.1 Å². The Bertz CT molecular complexity index is 1890. The van der Waals surface area contributed by atoms with Crippen LogP contribution in [0.25, 0.3) is 0 Å². The number of benzene rings is 9. The number of hydrogen-bond acceptors (Lipinski definition) is 1. The van der Waals surface area contributed by atoms with Crippen molar-refractivity contribution in [2.75, 3.05) is 0 Å². The molecule has 0 radical (unpaired) electrons. The summed E-state index contributed by atoms with van der Waals surface area (Å²) in [6, 6.07) is 97.5. The second-order valence-electron chi connectivity index (χ2n) is 13.4. The molecule has 0 saturated carbocycles. The largest absolute Gasteiger partial charge is 0.102 e. The number of halogens is 1. The molecule has 0 bridgehead atoms. The van der Waals surface area contributed by atoms with Gasteiger partial charge in [-0.2, -0.15) is 0 Å². The summed E-state index contributed by atoms with van der Waals surface area (Å²) in [5, 5.41) is 12.9. The monoisotopic (exact) mass is 955 g/mol. The fourth-order valence-corrected chi connectivity index (χ4v) is 14.7. The Hall–Kier alpha value is -5.15. The van der Waals surface area contributed by atoms with Gasteiger partial charge < -0.3 is 4.79 Å². The number of carbonyl (C=O) groups excluding carboxylic acids is 1. The smallest absolute Gasteiger partial charge is 0.0620 e. The van der Waals surface area contributed by atoms with Crippen molar-refractivity contribution in [1.29, 1.82) is 0 Å². The Balaban J connectivity index is 0.000000166. The second-order valence-corrected chi connectivity index (χ2v) is 20.9. The van der Waals surface area contributed by atoms with E-state index in [1.165, 1.54) is 47.7 Å². The van der Waals surface area contributed by atoms with Crippen LogP contribution in [-0.2, 0) is 22.1 Å². The zero-order valence-corrected chi connectivity index (χ0v) is 39.2. The SMILES string of the molecule is [CH-]=O.[Cl][Ru+].c1ccc([PH+](c2ccccc2)c2ccccc2)cc1.c1ccc([PH+](c2ccccc2)c2ccccc2)cc1.c1ccc([PH+](c2ccccc2)c2ccccc2)cc1.